The number of pyridine rings is 1. The third-order valence-electron chi connectivity index (χ3n) is 3.22. The van der Waals surface area contributed by atoms with E-state index in [1.54, 1.807) is 0 Å². The van der Waals surface area contributed by atoms with Gasteiger partial charge in [0.2, 0.25) is 0 Å². The lowest BCUT2D eigenvalue weighted by Gasteiger charge is -2.11. The van der Waals surface area contributed by atoms with Crippen molar-refractivity contribution in [3.05, 3.63) is 23.6 Å². The molecule has 1 aromatic heterocycles. The lowest BCUT2D eigenvalue weighted by Crippen LogP contribution is -2.35. The first kappa shape index (κ1) is 14.7. The number of hydrogen-bond donors (Lipinski definition) is 3. The Morgan fingerprint density at radius 1 is 1.55 bits per heavy atom. The van der Waals surface area contributed by atoms with Crippen LogP contribution in [0, 0.1) is 5.82 Å². The zero-order valence-electron chi connectivity index (χ0n) is 10.6. The summed E-state index contributed by atoms with van der Waals surface area (Å²) in [5.74, 6) is 3.39. The van der Waals surface area contributed by atoms with Gasteiger partial charge < -0.3 is 10.7 Å². The number of aromatic nitrogens is 1. The molecule has 0 aliphatic carbocycles. The maximum Gasteiger partial charge on any atom is 0.254 e. The summed E-state index contributed by atoms with van der Waals surface area (Å²) in [6, 6.07) is 1.20. The minimum atomic E-state index is -3.14. The van der Waals surface area contributed by atoms with Crippen LogP contribution in [-0.2, 0) is 9.84 Å². The zero-order chi connectivity index (χ0) is 14.8. The van der Waals surface area contributed by atoms with Crippen molar-refractivity contribution in [3.63, 3.8) is 0 Å². The van der Waals surface area contributed by atoms with Gasteiger partial charge in [-0.2, -0.15) is 0 Å². The van der Waals surface area contributed by atoms with Crippen molar-refractivity contribution in [1.82, 2.24) is 10.3 Å². The van der Waals surface area contributed by atoms with E-state index in [1.165, 1.54) is 12.3 Å². The van der Waals surface area contributed by atoms with Crippen LogP contribution in [0.5, 0.6) is 0 Å². The monoisotopic (exact) mass is 302 g/mol. The standard InChI is InChI=1S/C11H15FN4O3S/c12-9-8(3-4-14-10(9)16-13)11(17)15-6-7-2-1-5-20(7,18)19/h3-4,7H,1-2,5-6,13H2,(H,14,16)(H,15,17). The molecular formula is C11H15FN4O3S. The molecule has 1 aromatic rings. The molecule has 1 amide bonds. The smallest absolute Gasteiger partial charge is 0.254 e. The molecule has 0 saturated carbocycles. The van der Waals surface area contributed by atoms with Gasteiger partial charge in [0, 0.05) is 12.7 Å². The van der Waals surface area contributed by atoms with Crippen LogP contribution >= 0.6 is 0 Å². The van der Waals surface area contributed by atoms with Crippen molar-refractivity contribution in [2.24, 2.45) is 5.84 Å². The van der Waals surface area contributed by atoms with E-state index in [1.807, 2.05) is 5.43 Å². The Bertz CT molecular complexity index is 620. The Labute approximate surface area is 115 Å². The zero-order valence-corrected chi connectivity index (χ0v) is 11.4. The largest absolute Gasteiger partial charge is 0.351 e. The molecule has 110 valence electrons. The van der Waals surface area contributed by atoms with E-state index in [4.69, 9.17) is 5.84 Å². The van der Waals surface area contributed by atoms with E-state index in [-0.39, 0.29) is 23.7 Å². The number of halogens is 1. The number of carbonyl (C=O) groups excluding carboxylic acids is 1. The van der Waals surface area contributed by atoms with Gasteiger partial charge in [-0.25, -0.2) is 23.6 Å². The van der Waals surface area contributed by atoms with Gasteiger partial charge in [0.1, 0.15) is 0 Å². The molecule has 4 N–H and O–H groups in total. The number of carbonyl (C=O) groups is 1. The van der Waals surface area contributed by atoms with E-state index in [2.05, 4.69) is 10.3 Å². The molecule has 7 nitrogen and oxygen atoms in total. The second kappa shape index (κ2) is 5.71. The Morgan fingerprint density at radius 2 is 2.30 bits per heavy atom. The highest BCUT2D eigenvalue weighted by Crippen LogP contribution is 2.19. The first-order chi connectivity index (χ1) is 9.45. The van der Waals surface area contributed by atoms with Gasteiger partial charge in [0.15, 0.2) is 21.5 Å². The molecular weight excluding hydrogens is 287 g/mol. The first-order valence-corrected chi connectivity index (χ1v) is 7.78. The summed E-state index contributed by atoms with van der Waals surface area (Å²) in [5, 5.41) is 1.84. The average Bonchev–Trinajstić information content (AvgIpc) is 2.75. The Morgan fingerprint density at radius 3 is 2.90 bits per heavy atom. The van der Waals surface area contributed by atoms with Crippen LogP contribution in [0.2, 0.25) is 0 Å². The van der Waals surface area contributed by atoms with E-state index in [9.17, 15) is 17.6 Å². The van der Waals surface area contributed by atoms with Gasteiger partial charge in [-0.3, -0.25) is 4.79 Å². The summed E-state index contributed by atoms with van der Waals surface area (Å²) in [4.78, 5) is 15.5. The van der Waals surface area contributed by atoms with Crippen LogP contribution in [0.4, 0.5) is 10.2 Å². The second-order valence-electron chi connectivity index (χ2n) is 4.51. The maximum absolute atomic E-state index is 13.8. The van der Waals surface area contributed by atoms with Gasteiger partial charge >= 0.3 is 0 Å². The highest BCUT2D eigenvalue weighted by Gasteiger charge is 2.31. The molecule has 2 heterocycles. The molecule has 1 aliphatic rings. The van der Waals surface area contributed by atoms with E-state index in [0.717, 1.165) is 0 Å². The molecule has 2 rings (SSSR count). The van der Waals surface area contributed by atoms with E-state index < -0.39 is 26.8 Å². The van der Waals surface area contributed by atoms with Crippen LogP contribution in [-0.4, -0.2) is 36.9 Å². The summed E-state index contributed by atoms with van der Waals surface area (Å²) in [7, 11) is -3.14. The third-order valence-corrected chi connectivity index (χ3v) is 5.50. The number of amides is 1. The minimum Gasteiger partial charge on any atom is -0.351 e. The fourth-order valence-corrected chi connectivity index (χ4v) is 3.87. The van der Waals surface area contributed by atoms with E-state index >= 15 is 0 Å². The number of hydrogen-bond acceptors (Lipinski definition) is 6. The molecule has 0 bridgehead atoms. The van der Waals surface area contributed by atoms with Crippen molar-refractivity contribution in [1.29, 1.82) is 0 Å². The Balaban J connectivity index is 2.06. The lowest BCUT2D eigenvalue weighted by molar-refractivity contribution is 0.0949. The molecule has 1 unspecified atom stereocenters. The number of nitrogen functional groups attached to an aromatic ring is 1. The average molecular weight is 302 g/mol. The van der Waals surface area contributed by atoms with Gasteiger partial charge in [-0.05, 0) is 18.9 Å². The van der Waals surface area contributed by atoms with Crippen LogP contribution in [0.25, 0.3) is 0 Å². The Hall–Kier alpha value is -1.74. The summed E-state index contributed by atoms with van der Waals surface area (Å²) >= 11 is 0. The van der Waals surface area contributed by atoms with Crippen LogP contribution in [0.15, 0.2) is 12.3 Å². The van der Waals surface area contributed by atoms with Crippen molar-refractivity contribution in [3.8, 4) is 0 Å². The fraction of sp³-hybridized carbons (Fsp3) is 0.455. The molecule has 1 saturated heterocycles. The van der Waals surface area contributed by atoms with Crippen LogP contribution in [0.1, 0.15) is 23.2 Å². The number of rotatable bonds is 4. The fourth-order valence-electron chi connectivity index (χ4n) is 2.11. The summed E-state index contributed by atoms with van der Waals surface area (Å²) in [5.41, 5.74) is 1.81. The first-order valence-electron chi connectivity index (χ1n) is 6.06. The maximum atomic E-state index is 13.8. The Kier molecular flexibility index (Phi) is 4.19. The van der Waals surface area contributed by atoms with Crippen LogP contribution < -0.4 is 16.6 Å². The summed E-state index contributed by atoms with van der Waals surface area (Å²) < 4.78 is 37.0. The minimum absolute atomic E-state index is 0.0195. The summed E-state index contributed by atoms with van der Waals surface area (Å²) in [6.07, 6.45) is 2.34. The molecule has 1 aliphatic heterocycles. The highest BCUT2D eigenvalue weighted by atomic mass is 32.2. The highest BCUT2D eigenvalue weighted by molar-refractivity contribution is 7.92. The van der Waals surface area contributed by atoms with Gasteiger partial charge in [0.05, 0.1) is 16.6 Å². The number of hydrazine groups is 1. The molecule has 0 spiro atoms. The number of anilines is 1. The molecule has 0 aromatic carbocycles. The normalized spacial score (nSPS) is 20.6. The molecule has 1 fully saturated rings. The van der Waals surface area contributed by atoms with Crippen molar-refractivity contribution >= 4 is 21.6 Å². The van der Waals surface area contributed by atoms with E-state index in [0.29, 0.717) is 12.8 Å². The van der Waals surface area contributed by atoms with Crippen molar-refractivity contribution in [2.45, 2.75) is 18.1 Å². The predicted molar refractivity (Wildman–Crippen MR) is 71.1 cm³/mol. The molecule has 0 radical (unpaired) electrons. The number of nitrogens with zero attached hydrogens (tertiary/aromatic N) is 1. The number of nitrogens with one attached hydrogen (secondary N) is 2. The topological polar surface area (TPSA) is 114 Å². The van der Waals surface area contributed by atoms with Gasteiger partial charge in [-0.15, -0.1) is 0 Å². The molecule has 1 atom stereocenters. The molecule has 20 heavy (non-hydrogen) atoms. The van der Waals surface area contributed by atoms with Gasteiger partial charge in [-0.1, -0.05) is 0 Å². The predicted octanol–water partition coefficient (Wildman–Crippen LogP) is -0.187. The van der Waals surface area contributed by atoms with Crippen molar-refractivity contribution < 1.29 is 17.6 Å². The van der Waals surface area contributed by atoms with Crippen LogP contribution in [0.3, 0.4) is 0 Å². The second-order valence-corrected chi connectivity index (χ2v) is 6.91. The number of sulfone groups is 1. The number of nitrogens with two attached hydrogens (primary N) is 1. The lowest BCUT2D eigenvalue weighted by atomic mass is 10.2. The quantitative estimate of drug-likeness (QED) is 0.525. The molecule has 9 heteroatoms. The van der Waals surface area contributed by atoms with Crippen molar-refractivity contribution in [2.75, 3.05) is 17.7 Å². The SMILES string of the molecule is NNc1nccc(C(=O)NCC2CCCS2(=O)=O)c1F. The van der Waals surface area contributed by atoms with Gasteiger partial charge in [0.25, 0.3) is 5.91 Å². The third kappa shape index (κ3) is 2.88. The summed E-state index contributed by atoms with van der Waals surface area (Å²) in [6.45, 7) is -0.0195.